The van der Waals surface area contributed by atoms with Gasteiger partial charge in [-0.1, -0.05) is 19.9 Å². The molecule has 0 aliphatic carbocycles. The molecule has 2 nitrogen and oxygen atoms in total. The van der Waals surface area contributed by atoms with Crippen molar-refractivity contribution in [2.24, 2.45) is 16.8 Å². The molecule has 0 aromatic carbocycles. The molecule has 1 aromatic rings. The Morgan fingerprint density at radius 2 is 2.13 bits per heavy atom. The fraction of sp³-hybridized carbons (Fsp3) is 0.538. The molecule has 0 saturated carbocycles. The quantitative estimate of drug-likeness (QED) is 0.686. The summed E-state index contributed by atoms with van der Waals surface area (Å²) in [6, 6.07) is 4.36. The molecule has 80 valence electrons. The van der Waals surface area contributed by atoms with E-state index in [-0.39, 0.29) is 6.04 Å². The number of hydrogen-bond acceptors (Lipinski definition) is 2. The molecule has 0 spiro atoms. The summed E-state index contributed by atoms with van der Waals surface area (Å²) in [6.07, 6.45) is 5.16. The molecule has 0 N–H and O–H groups in total. The third-order valence-corrected chi connectivity index (χ3v) is 3.11. The minimum atomic E-state index is 0.266. The first kappa shape index (κ1) is 10.3. The van der Waals surface area contributed by atoms with E-state index in [1.165, 1.54) is 12.0 Å². The third-order valence-electron chi connectivity index (χ3n) is 3.11. The van der Waals surface area contributed by atoms with E-state index in [9.17, 15) is 0 Å². The van der Waals surface area contributed by atoms with Crippen LogP contribution in [0.1, 0.15) is 37.6 Å². The molecule has 0 radical (unpaired) electrons. The Balaban J connectivity index is 2.31. The Bertz CT molecular complexity index is 371. The first-order chi connectivity index (χ1) is 7.18. The van der Waals surface area contributed by atoms with Crippen molar-refractivity contribution < 1.29 is 0 Å². The summed E-state index contributed by atoms with van der Waals surface area (Å²) in [4.78, 5) is 9.10. The number of hydrogen-bond donors (Lipinski definition) is 0. The molecule has 0 bridgehead atoms. The van der Waals surface area contributed by atoms with Crippen LogP contribution in [-0.4, -0.2) is 11.2 Å². The van der Waals surface area contributed by atoms with Gasteiger partial charge in [-0.2, -0.15) is 0 Å². The number of aromatic nitrogens is 1. The molecule has 15 heavy (non-hydrogen) atoms. The zero-order valence-electron chi connectivity index (χ0n) is 9.64. The van der Waals surface area contributed by atoms with E-state index >= 15 is 0 Å². The summed E-state index contributed by atoms with van der Waals surface area (Å²) in [5.41, 5.74) is 2.40. The second-order valence-corrected chi connectivity index (χ2v) is 4.64. The van der Waals surface area contributed by atoms with Crippen LogP contribution >= 0.6 is 0 Å². The molecule has 3 atom stereocenters. The van der Waals surface area contributed by atoms with Gasteiger partial charge in [0.25, 0.3) is 0 Å². The predicted molar refractivity (Wildman–Crippen MR) is 63.2 cm³/mol. The fourth-order valence-electron chi connectivity index (χ4n) is 2.31. The SMILES string of the molecule is Cc1cccnc1C1N=CC(C)CC1C. The van der Waals surface area contributed by atoms with Gasteiger partial charge >= 0.3 is 0 Å². The van der Waals surface area contributed by atoms with Crippen molar-refractivity contribution in [3.05, 3.63) is 29.6 Å². The van der Waals surface area contributed by atoms with Gasteiger partial charge < -0.3 is 0 Å². The molecule has 0 amide bonds. The van der Waals surface area contributed by atoms with Crippen molar-refractivity contribution in [2.45, 2.75) is 33.2 Å². The smallest absolute Gasteiger partial charge is 0.0944 e. The van der Waals surface area contributed by atoms with Crippen LogP contribution < -0.4 is 0 Å². The minimum Gasteiger partial charge on any atom is -0.287 e. The summed E-state index contributed by atoms with van der Waals surface area (Å²) < 4.78 is 0. The second-order valence-electron chi connectivity index (χ2n) is 4.64. The van der Waals surface area contributed by atoms with Gasteiger partial charge in [-0.3, -0.25) is 9.98 Å². The minimum absolute atomic E-state index is 0.266. The van der Waals surface area contributed by atoms with Crippen LogP contribution in [0.4, 0.5) is 0 Å². The molecule has 2 heterocycles. The van der Waals surface area contributed by atoms with Crippen LogP contribution in [0.25, 0.3) is 0 Å². The lowest BCUT2D eigenvalue weighted by atomic mass is 9.86. The highest BCUT2D eigenvalue weighted by atomic mass is 14.9. The largest absolute Gasteiger partial charge is 0.287 e. The van der Waals surface area contributed by atoms with Gasteiger partial charge in [0.05, 0.1) is 11.7 Å². The molecule has 0 fully saturated rings. The van der Waals surface area contributed by atoms with Crippen molar-refractivity contribution >= 4 is 6.21 Å². The highest BCUT2D eigenvalue weighted by molar-refractivity contribution is 5.61. The lowest BCUT2D eigenvalue weighted by molar-refractivity contribution is 0.382. The van der Waals surface area contributed by atoms with Crippen LogP contribution in [0.5, 0.6) is 0 Å². The van der Waals surface area contributed by atoms with Gasteiger partial charge in [0, 0.05) is 12.4 Å². The Kier molecular flexibility index (Phi) is 2.85. The standard InChI is InChI=1S/C13H18N2/c1-9-7-11(3)13(15-8-9)12-10(2)5-4-6-14-12/h4-6,8-9,11,13H,7H2,1-3H3. The van der Waals surface area contributed by atoms with Gasteiger partial charge in [0.15, 0.2) is 0 Å². The number of aliphatic imine (C=N–C) groups is 1. The normalized spacial score (nSPS) is 30.5. The summed E-state index contributed by atoms with van der Waals surface area (Å²) in [5.74, 6) is 1.21. The molecule has 1 aliphatic rings. The average molecular weight is 202 g/mol. The van der Waals surface area contributed by atoms with Gasteiger partial charge in [-0.15, -0.1) is 0 Å². The molecular formula is C13H18N2. The number of nitrogens with zero attached hydrogens (tertiary/aromatic N) is 2. The van der Waals surface area contributed by atoms with Crippen molar-refractivity contribution in [1.82, 2.24) is 4.98 Å². The van der Waals surface area contributed by atoms with E-state index in [1.807, 2.05) is 12.3 Å². The summed E-state index contributed by atoms with van der Waals surface area (Å²) in [7, 11) is 0. The van der Waals surface area contributed by atoms with Crippen LogP contribution in [0.2, 0.25) is 0 Å². The zero-order valence-corrected chi connectivity index (χ0v) is 9.64. The molecule has 3 unspecified atom stereocenters. The first-order valence-electron chi connectivity index (χ1n) is 5.63. The van der Waals surface area contributed by atoms with E-state index in [0.717, 1.165) is 5.69 Å². The lowest BCUT2D eigenvalue weighted by Crippen LogP contribution is -2.19. The monoisotopic (exact) mass is 202 g/mol. The van der Waals surface area contributed by atoms with Crippen LogP contribution in [0.15, 0.2) is 23.3 Å². The maximum atomic E-state index is 4.64. The van der Waals surface area contributed by atoms with Gasteiger partial charge in [-0.25, -0.2) is 0 Å². The zero-order chi connectivity index (χ0) is 10.8. The number of pyridine rings is 1. The molecule has 2 heteroatoms. The van der Waals surface area contributed by atoms with Crippen LogP contribution in [0.3, 0.4) is 0 Å². The first-order valence-corrected chi connectivity index (χ1v) is 5.63. The maximum Gasteiger partial charge on any atom is 0.0944 e. The lowest BCUT2D eigenvalue weighted by Gasteiger charge is -2.27. The Morgan fingerprint density at radius 1 is 1.33 bits per heavy atom. The van der Waals surface area contributed by atoms with E-state index in [0.29, 0.717) is 11.8 Å². The molecular weight excluding hydrogens is 184 g/mol. The van der Waals surface area contributed by atoms with Crippen molar-refractivity contribution in [2.75, 3.05) is 0 Å². The molecule has 1 aliphatic heterocycles. The Morgan fingerprint density at radius 3 is 2.80 bits per heavy atom. The Hall–Kier alpha value is -1.18. The van der Waals surface area contributed by atoms with Gasteiger partial charge in [0.2, 0.25) is 0 Å². The molecule has 1 aromatic heterocycles. The maximum absolute atomic E-state index is 4.64. The third kappa shape index (κ3) is 2.09. The van der Waals surface area contributed by atoms with E-state index in [1.54, 1.807) is 0 Å². The van der Waals surface area contributed by atoms with Crippen LogP contribution in [0, 0.1) is 18.8 Å². The second kappa shape index (κ2) is 4.13. The number of aryl methyl sites for hydroxylation is 1. The predicted octanol–water partition coefficient (Wildman–Crippen LogP) is 3.18. The van der Waals surface area contributed by atoms with Crippen molar-refractivity contribution in [3.8, 4) is 0 Å². The average Bonchev–Trinajstić information content (AvgIpc) is 2.20. The van der Waals surface area contributed by atoms with E-state index in [4.69, 9.17) is 0 Å². The summed E-state index contributed by atoms with van der Waals surface area (Å²) in [6.45, 7) is 6.61. The van der Waals surface area contributed by atoms with Crippen LogP contribution in [-0.2, 0) is 0 Å². The Labute approximate surface area is 91.5 Å². The van der Waals surface area contributed by atoms with Gasteiger partial charge in [-0.05, 0) is 36.8 Å². The molecule has 2 rings (SSSR count). The highest BCUT2D eigenvalue weighted by Crippen LogP contribution is 2.33. The summed E-state index contributed by atoms with van der Waals surface area (Å²) in [5, 5.41) is 0. The molecule has 0 saturated heterocycles. The van der Waals surface area contributed by atoms with Crippen molar-refractivity contribution in [1.29, 1.82) is 0 Å². The van der Waals surface area contributed by atoms with Gasteiger partial charge in [0.1, 0.15) is 0 Å². The van der Waals surface area contributed by atoms with E-state index < -0.39 is 0 Å². The van der Waals surface area contributed by atoms with Crippen molar-refractivity contribution in [3.63, 3.8) is 0 Å². The van der Waals surface area contributed by atoms with E-state index in [2.05, 4.69) is 43.0 Å². The fourth-order valence-corrected chi connectivity index (χ4v) is 2.31. The summed E-state index contributed by atoms with van der Waals surface area (Å²) >= 11 is 0. The number of rotatable bonds is 1. The topological polar surface area (TPSA) is 25.2 Å². The highest BCUT2D eigenvalue weighted by Gasteiger charge is 2.25.